The van der Waals surface area contributed by atoms with Crippen molar-refractivity contribution in [2.24, 2.45) is 5.92 Å². The summed E-state index contributed by atoms with van der Waals surface area (Å²) in [6.07, 6.45) is 6.72. The van der Waals surface area contributed by atoms with Gasteiger partial charge in [-0.05, 0) is 73.1 Å². The minimum Gasteiger partial charge on any atom is -0.371 e. The van der Waals surface area contributed by atoms with Crippen molar-refractivity contribution in [3.63, 3.8) is 0 Å². The van der Waals surface area contributed by atoms with Gasteiger partial charge in [0, 0.05) is 43.8 Å². The second-order valence-electron chi connectivity index (χ2n) is 10.7. The predicted molar refractivity (Wildman–Crippen MR) is 163 cm³/mol. The third-order valence-electron chi connectivity index (χ3n) is 7.59. The van der Waals surface area contributed by atoms with Crippen LogP contribution in [0.3, 0.4) is 0 Å². The van der Waals surface area contributed by atoms with Gasteiger partial charge in [-0.25, -0.2) is 4.68 Å². The Morgan fingerprint density at radius 3 is 2.34 bits per heavy atom. The summed E-state index contributed by atoms with van der Waals surface area (Å²) in [4.78, 5) is 32.7. The molecule has 0 atom stereocenters. The Hall–Kier alpha value is -4.17. The summed E-state index contributed by atoms with van der Waals surface area (Å²) >= 11 is 6.25. The van der Waals surface area contributed by atoms with E-state index in [1.165, 1.54) is 11.3 Å². The molecular weight excluding hydrogens is 536 g/mol. The van der Waals surface area contributed by atoms with Gasteiger partial charge in [-0.15, -0.1) is 0 Å². The number of hydrogen-bond donors (Lipinski definition) is 2. The van der Waals surface area contributed by atoms with E-state index in [2.05, 4.69) is 39.5 Å². The second kappa shape index (κ2) is 13.0. The van der Waals surface area contributed by atoms with E-state index in [0.29, 0.717) is 34.8 Å². The Morgan fingerprint density at radius 2 is 1.66 bits per heavy atom. The molecule has 212 valence electrons. The Kier molecular flexibility index (Phi) is 8.99. The number of rotatable bonds is 9. The van der Waals surface area contributed by atoms with Crippen LogP contribution in [0.1, 0.15) is 65.4 Å². The van der Waals surface area contributed by atoms with Gasteiger partial charge < -0.3 is 15.5 Å². The number of amides is 2. The second-order valence-corrected chi connectivity index (χ2v) is 11.1. The third kappa shape index (κ3) is 6.95. The highest BCUT2D eigenvalue weighted by molar-refractivity contribution is 6.34. The van der Waals surface area contributed by atoms with Crippen molar-refractivity contribution in [3.05, 3.63) is 101 Å². The summed E-state index contributed by atoms with van der Waals surface area (Å²) < 4.78 is 1.59. The van der Waals surface area contributed by atoms with Gasteiger partial charge in [0.05, 0.1) is 16.3 Å². The van der Waals surface area contributed by atoms with Crippen molar-refractivity contribution in [3.8, 4) is 5.69 Å². The van der Waals surface area contributed by atoms with E-state index in [-0.39, 0.29) is 17.5 Å². The first-order valence-corrected chi connectivity index (χ1v) is 14.5. The Labute approximate surface area is 245 Å². The zero-order valence-corrected chi connectivity index (χ0v) is 24.1. The Balaban J connectivity index is 1.25. The van der Waals surface area contributed by atoms with E-state index >= 15 is 0 Å². The maximum Gasteiger partial charge on any atom is 0.271 e. The zero-order valence-electron chi connectivity index (χ0n) is 23.4. The number of hydrogen-bond acceptors (Lipinski definition) is 5. The lowest BCUT2D eigenvalue weighted by Crippen LogP contribution is -2.35. The molecule has 1 aliphatic rings. The van der Waals surface area contributed by atoms with Gasteiger partial charge in [-0.2, -0.15) is 5.10 Å². The summed E-state index contributed by atoms with van der Waals surface area (Å²) in [6.45, 7) is 6.82. The van der Waals surface area contributed by atoms with Gasteiger partial charge in [0.15, 0.2) is 5.69 Å². The van der Waals surface area contributed by atoms with Gasteiger partial charge in [0.1, 0.15) is 5.82 Å². The topological polar surface area (TPSA) is 92.2 Å². The molecule has 8 nitrogen and oxygen atoms in total. The summed E-state index contributed by atoms with van der Waals surface area (Å²) in [7, 11) is 0. The number of pyridine rings is 1. The molecule has 3 heterocycles. The van der Waals surface area contributed by atoms with Crippen molar-refractivity contribution >= 4 is 34.9 Å². The molecule has 2 amide bonds. The first kappa shape index (κ1) is 28.4. The summed E-state index contributed by atoms with van der Waals surface area (Å²) in [5.41, 5.74) is 3.72. The predicted octanol–water partition coefficient (Wildman–Crippen LogP) is 6.33. The SMILES string of the molecule is CC(C)c1ccc(-n2nc(C(=O)NCCC3CCN(c4ccncc4)CC3)cc2NC(=O)c2ccccc2Cl)cc1. The quantitative estimate of drug-likeness (QED) is 0.245. The average Bonchev–Trinajstić information content (AvgIpc) is 3.42. The van der Waals surface area contributed by atoms with Gasteiger partial charge in [-0.3, -0.25) is 14.6 Å². The zero-order chi connectivity index (χ0) is 28.8. The fourth-order valence-corrected chi connectivity index (χ4v) is 5.34. The van der Waals surface area contributed by atoms with Crippen LogP contribution in [-0.2, 0) is 0 Å². The van der Waals surface area contributed by atoms with E-state index in [4.69, 9.17) is 11.6 Å². The number of piperidine rings is 1. The molecule has 0 saturated carbocycles. The summed E-state index contributed by atoms with van der Waals surface area (Å²) in [5, 5.41) is 10.8. The van der Waals surface area contributed by atoms with Gasteiger partial charge in [0.2, 0.25) is 0 Å². The van der Waals surface area contributed by atoms with E-state index in [1.807, 2.05) is 48.8 Å². The van der Waals surface area contributed by atoms with E-state index < -0.39 is 0 Å². The molecule has 1 saturated heterocycles. The first-order valence-electron chi connectivity index (χ1n) is 14.1. The fraction of sp³-hybridized carbons (Fsp3) is 0.312. The molecule has 4 aromatic rings. The summed E-state index contributed by atoms with van der Waals surface area (Å²) in [6, 6.07) is 20.5. The van der Waals surface area contributed by atoms with Crippen LogP contribution in [-0.4, -0.2) is 46.2 Å². The number of carbonyl (C=O) groups excluding carboxylic acids is 2. The van der Waals surface area contributed by atoms with Crippen molar-refractivity contribution in [2.75, 3.05) is 29.9 Å². The molecule has 1 aliphatic heterocycles. The van der Waals surface area contributed by atoms with Gasteiger partial charge >= 0.3 is 0 Å². The maximum absolute atomic E-state index is 13.1. The molecule has 41 heavy (non-hydrogen) atoms. The van der Waals surface area contributed by atoms with Crippen LogP contribution < -0.4 is 15.5 Å². The average molecular weight is 571 g/mol. The number of anilines is 2. The van der Waals surface area contributed by atoms with E-state index in [1.54, 1.807) is 35.0 Å². The van der Waals surface area contributed by atoms with E-state index in [0.717, 1.165) is 38.0 Å². The fourth-order valence-electron chi connectivity index (χ4n) is 5.12. The van der Waals surface area contributed by atoms with Crippen LogP contribution in [0, 0.1) is 5.92 Å². The standard InChI is InChI=1S/C32H35ClN6O2/c1-22(2)24-7-9-26(10-8-24)39-30(36-31(40)27-5-3-4-6-28(27)33)21-29(37-39)32(41)35-18-11-23-14-19-38(20-15-23)25-12-16-34-17-13-25/h3-10,12-13,16-17,21-23H,11,14-15,18-20H2,1-2H3,(H,35,41)(H,36,40). The van der Waals surface area contributed by atoms with Crippen molar-refractivity contribution in [2.45, 2.75) is 39.0 Å². The highest BCUT2D eigenvalue weighted by Gasteiger charge is 2.21. The van der Waals surface area contributed by atoms with Crippen molar-refractivity contribution < 1.29 is 9.59 Å². The van der Waals surface area contributed by atoms with Crippen LogP contribution >= 0.6 is 11.6 Å². The summed E-state index contributed by atoms with van der Waals surface area (Å²) in [5.74, 6) is 0.674. The van der Waals surface area contributed by atoms with Crippen LogP contribution in [0.2, 0.25) is 5.02 Å². The van der Waals surface area contributed by atoms with Crippen molar-refractivity contribution in [1.82, 2.24) is 20.1 Å². The smallest absolute Gasteiger partial charge is 0.271 e. The molecule has 2 aromatic heterocycles. The lowest BCUT2D eigenvalue weighted by molar-refractivity contribution is 0.0944. The van der Waals surface area contributed by atoms with Gasteiger partial charge in [-0.1, -0.05) is 49.7 Å². The number of aromatic nitrogens is 3. The lowest BCUT2D eigenvalue weighted by Gasteiger charge is -2.33. The number of nitrogens with zero attached hydrogens (tertiary/aromatic N) is 4. The van der Waals surface area contributed by atoms with E-state index in [9.17, 15) is 9.59 Å². The molecular formula is C32H35ClN6O2. The molecule has 0 radical (unpaired) electrons. The number of nitrogens with one attached hydrogen (secondary N) is 2. The first-order chi connectivity index (χ1) is 19.9. The molecule has 2 N–H and O–H groups in total. The number of halogens is 1. The van der Waals surface area contributed by atoms with Crippen molar-refractivity contribution in [1.29, 1.82) is 0 Å². The van der Waals surface area contributed by atoms with Crippen LogP contribution in [0.4, 0.5) is 11.5 Å². The number of benzene rings is 2. The minimum absolute atomic E-state index is 0.236. The molecule has 0 spiro atoms. The van der Waals surface area contributed by atoms with Crippen LogP contribution in [0.5, 0.6) is 0 Å². The maximum atomic E-state index is 13.1. The molecule has 5 rings (SSSR count). The minimum atomic E-state index is -0.374. The molecule has 0 unspecified atom stereocenters. The lowest BCUT2D eigenvalue weighted by atomic mass is 9.93. The Bertz CT molecular complexity index is 1480. The molecule has 0 aliphatic carbocycles. The van der Waals surface area contributed by atoms with Crippen LogP contribution in [0.15, 0.2) is 79.1 Å². The highest BCUT2D eigenvalue weighted by Crippen LogP contribution is 2.25. The number of carbonyl (C=O) groups is 2. The highest BCUT2D eigenvalue weighted by atomic mass is 35.5. The molecule has 2 aromatic carbocycles. The molecule has 0 bridgehead atoms. The van der Waals surface area contributed by atoms with Crippen LogP contribution in [0.25, 0.3) is 5.69 Å². The largest absolute Gasteiger partial charge is 0.371 e. The third-order valence-corrected chi connectivity index (χ3v) is 7.92. The molecule has 9 heteroatoms. The Morgan fingerprint density at radius 1 is 0.951 bits per heavy atom. The normalized spacial score (nSPS) is 13.8. The molecule has 1 fully saturated rings. The van der Waals surface area contributed by atoms with Gasteiger partial charge in [0.25, 0.3) is 11.8 Å². The monoisotopic (exact) mass is 570 g/mol.